The summed E-state index contributed by atoms with van der Waals surface area (Å²) in [7, 11) is 0. The molecule has 3 nitrogen and oxygen atoms in total. The van der Waals surface area contributed by atoms with E-state index in [1.54, 1.807) is 18.2 Å². The molecule has 0 bridgehead atoms. The van der Waals surface area contributed by atoms with Crippen molar-refractivity contribution in [3.05, 3.63) is 49.3 Å². The Morgan fingerprint density at radius 1 is 1.40 bits per heavy atom. The Balaban J connectivity index is 2.42. The number of aromatic nitrogens is 1. The molecule has 0 aliphatic rings. The molecule has 0 spiro atoms. The van der Waals surface area contributed by atoms with Gasteiger partial charge in [0.1, 0.15) is 0 Å². The third-order valence-corrected chi connectivity index (χ3v) is 4.43. The fourth-order valence-corrected chi connectivity index (χ4v) is 3.08. The van der Waals surface area contributed by atoms with E-state index in [1.807, 2.05) is 0 Å². The second-order valence-electron chi connectivity index (χ2n) is 3.83. The molecule has 0 aliphatic carbocycles. The van der Waals surface area contributed by atoms with Crippen molar-refractivity contribution in [3.8, 4) is 0 Å². The highest BCUT2D eigenvalue weighted by Gasteiger charge is 2.35. The summed E-state index contributed by atoms with van der Waals surface area (Å²) in [6.07, 6.45) is -3.32. The molecule has 3 N–H and O–H groups in total. The molecule has 0 saturated carbocycles. The summed E-state index contributed by atoms with van der Waals surface area (Å²) in [6, 6.07) is 4.40. The van der Waals surface area contributed by atoms with E-state index in [9.17, 15) is 13.2 Å². The highest BCUT2D eigenvalue weighted by Crippen LogP contribution is 2.37. The molecule has 0 aliphatic heterocycles. The van der Waals surface area contributed by atoms with Gasteiger partial charge in [0.25, 0.3) is 0 Å². The first-order valence-corrected chi connectivity index (χ1v) is 7.25. The predicted octanol–water partition coefficient (Wildman–Crippen LogP) is 4.13. The van der Waals surface area contributed by atoms with E-state index in [0.29, 0.717) is 26.8 Å². The quantitative estimate of drug-likeness (QED) is 0.616. The van der Waals surface area contributed by atoms with Gasteiger partial charge in [-0.3, -0.25) is 5.84 Å². The van der Waals surface area contributed by atoms with Crippen LogP contribution in [0, 0.1) is 0 Å². The molecule has 108 valence electrons. The van der Waals surface area contributed by atoms with E-state index >= 15 is 0 Å². The molecule has 1 unspecified atom stereocenters. The summed E-state index contributed by atoms with van der Waals surface area (Å²) in [5.74, 6) is 5.45. The molecule has 0 amide bonds. The number of alkyl halides is 3. The molecule has 1 aromatic heterocycles. The molecular formula is C11H8BrClF3N3S. The van der Waals surface area contributed by atoms with Crippen molar-refractivity contribution < 1.29 is 13.2 Å². The van der Waals surface area contributed by atoms with Gasteiger partial charge in [0.15, 0.2) is 5.01 Å². The van der Waals surface area contributed by atoms with Crippen LogP contribution in [0.15, 0.2) is 28.9 Å². The van der Waals surface area contributed by atoms with Gasteiger partial charge in [0.2, 0.25) is 0 Å². The summed E-state index contributed by atoms with van der Waals surface area (Å²) in [5, 5.41) is -0.517. The minimum atomic E-state index is -4.47. The summed E-state index contributed by atoms with van der Waals surface area (Å²) < 4.78 is 38.5. The number of thiazole rings is 1. The third kappa shape index (κ3) is 3.32. The van der Waals surface area contributed by atoms with Crippen LogP contribution in [-0.2, 0) is 6.18 Å². The monoisotopic (exact) mass is 385 g/mol. The van der Waals surface area contributed by atoms with Crippen LogP contribution in [0.2, 0.25) is 5.02 Å². The maximum atomic E-state index is 12.6. The summed E-state index contributed by atoms with van der Waals surface area (Å²) >= 11 is 9.88. The van der Waals surface area contributed by atoms with Crippen molar-refractivity contribution in [3.63, 3.8) is 0 Å². The van der Waals surface area contributed by atoms with E-state index in [2.05, 4.69) is 26.3 Å². The molecule has 2 rings (SSSR count). The van der Waals surface area contributed by atoms with Crippen molar-refractivity contribution in [1.29, 1.82) is 0 Å². The first-order chi connectivity index (χ1) is 9.32. The van der Waals surface area contributed by atoms with Crippen LogP contribution < -0.4 is 11.3 Å². The van der Waals surface area contributed by atoms with E-state index in [0.717, 1.165) is 10.7 Å². The number of halogens is 5. The fourth-order valence-electron chi connectivity index (χ4n) is 1.61. The topological polar surface area (TPSA) is 50.9 Å². The van der Waals surface area contributed by atoms with Crippen molar-refractivity contribution >= 4 is 38.9 Å². The van der Waals surface area contributed by atoms with Gasteiger partial charge in [-0.15, -0.1) is 11.3 Å². The molecule has 20 heavy (non-hydrogen) atoms. The molecule has 9 heteroatoms. The summed E-state index contributed by atoms with van der Waals surface area (Å²) in [6.45, 7) is 0. The standard InChI is InChI=1S/C11H8BrClF3N3S/c12-5-1-2-7(13)6(3-5)9(19-17)8-4-18-10(20-8)11(14,15)16/h1-4,9,19H,17H2. The zero-order valence-electron chi connectivity index (χ0n) is 9.71. The largest absolute Gasteiger partial charge is 0.443 e. The molecule has 1 heterocycles. The van der Waals surface area contributed by atoms with E-state index < -0.39 is 17.2 Å². The zero-order chi connectivity index (χ0) is 14.9. The Bertz CT molecular complexity index is 617. The number of nitrogens with zero attached hydrogens (tertiary/aromatic N) is 1. The Kier molecular flexibility index (Phi) is 4.70. The van der Waals surface area contributed by atoms with Crippen molar-refractivity contribution in [2.75, 3.05) is 0 Å². The number of hydrogen-bond donors (Lipinski definition) is 2. The molecule has 0 fully saturated rings. The number of rotatable bonds is 3. The highest BCUT2D eigenvalue weighted by atomic mass is 79.9. The highest BCUT2D eigenvalue weighted by molar-refractivity contribution is 9.10. The lowest BCUT2D eigenvalue weighted by Crippen LogP contribution is -2.28. The average Bonchev–Trinajstić information content (AvgIpc) is 2.84. The Morgan fingerprint density at radius 2 is 2.10 bits per heavy atom. The SMILES string of the molecule is NNC(c1cnc(C(F)(F)F)s1)c1cc(Br)ccc1Cl. The normalized spacial score (nSPS) is 13.5. The summed E-state index contributed by atoms with van der Waals surface area (Å²) in [4.78, 5) is 3.71. The zero-order valence-corrected chi connectivity index (χ0v) is 12.9. The van der Waals surface area contributed by atoms with Crippen LogP contribution in [-0.4, -0.2) is 4.98 Å². The van der Waals surface area contributed by atoms with Crippen molar-refractivity contribution in [2.24, 2.45) is 5.84 Å². The van der Waals surface area contributed by atoms with Gasteiger partial charge in [-0.1, -0.05) is 27.5 Å². The van der Waals surface area contributed by atoms with Crippen molar-refractivity contribution in [1.82, 2.24) is 10.4 Å². The number of nitrogens with two attached hydrogens (primary N) is 1. The van der Waals surface area contributed by atoms with Gasteiger partial charge < -0.3 is 0 Å². The lowest BCUT2D eigenvalue weighted by atomic mass is 10.1. The Hall–Kier alpha value is -0.670. The predicted molar refractivity (Wildman–Crippen MR) is 75.4 cm³/mol. The van der Waals surface area contributed by atoms with Gasteiger partial charge in [0.05, 0.1) is 6.04 Å². The third-order valence-electron chi connectivity index (χ3n) is 2.49. The maximum absolute atomic E-state index is 12.6. The Morgan fingerprint density at radius 3 is 2.65 bits per heavy atom. The number of hydrogen-bond acceptors (Lipinski definition) is 4. The number of hydrazine groups is 1. The molecular weight excluding hydrogens is 379 g/mol. The first-order valence-electron chi connectivity index (χ1n) is 5.27. The average molecular weight is 387 g/mol. The van der Waals surface area contributed by atoms with Gasteiger partial charge in [-0.2, -0.15) is 13.2 Å². The minimum Gasteiger partial charge on any atom is -0.271 e. The van der Waals surface area contributed by atoms with Gasteiger partial charge >= 0.3 is 6.18 Å². The van der Waals surface area contributed by atoms with E-state index in [-0.39, 0.29) is 0 Å². The molecule has 2 aromatic rings. The van der Waals surface area contributed by atoms with Crippen LogP contribution >= 0.6 is 38.9 Å². The first kappa shape index (κ1) is 15.7. The summed E-state index contributed by atoms with van der Waals surface area (Å²) in [5.41, 5.74) is 3.04. The van der Waals surface area contributed by atoms with Crippen LogP contribution in [0.1, 0.15) is 21.5 Å². The number of nitrogens with one attached hydrogen (secondary N) is 1. The van der Waals surface area contributed by atoms with E-state index in [4.69, 9.17) is 17.4 Å². The van der Waals surface area contributed by atoms with Crippen molar-refractivity contribution in [2.45, 2.75) is 12.2 Å². The van der Waals surface area contributed by atoms with Crippen LogP contribution in [0.25, 0.3) is 0 Å². The van der Waals surface area contributed by atoms with Crippen LogP contribution in [0.5, 0.6) is 0 Å². The second kappa shape index (κ2) is 5.98. The second-order valence-corrected chi connectivity index (χ2v) is 6.22. The smallest absolute Gasteiger partial charge is 0.271 e. The Labute approximate surface area is 130 Å². The maximum Gasteiger partial charge on any atom is 0.443 e. The molecule has 1 aromatic carbocycles. The van der Waals surface area contributed by atoms with Gasteiger partial charge in [-0.05, 0) is 23.8 Å². The lowest BCUT2D eigenvalue weighted by Gasteiger charge is -2.16. The van der Waals surface area contributed by atoms with Crippen LogP contribution in [0.4, 0.5) is 13.2 Å². The van der Waals surface area contributed by atoms with Gasteiger partial charge in [0, 0.05) is 20.6 Å². The van der Waals surface area contributed by atoms with Crippen LogP contribution in [0.3, 0.4) is 0 Å². The van der Waals surface area contributed by atoms with E-state index in [1.165, 1.54) is 0 Å². The molecule has 1 atom stereocenters. The molecule has 0 saturated heterocycles. The molecule has 0 radical (unpaired) electrons. The minimum absolute atomic E-state index is 0.333. The fraction of sp³-hybridized carbons (Fsp3) is 0.182. The number of benzene rings is 1. The lowest BCUT2D eigenvalue weighted by molar-refractivity contribution is -0.137. The van der Waals surface area contributed by atoms with Gasteiger partial charge in [-0.25, -0.2) is 10.4 Å².